The molecule has 0 bridgehead atoms. The summed E-state index contributed by atoms with van der Waals surface area (Å²) in [6.07, 6.45) is 3.19. The van der Waals surface area contributed by atoms with Crippen molar-refractivity contribution >= 4 is 21.6 Å². The van der Waals surface area contributed by atoms with Crippen molar-refractivity contribution in [2.75, 3.05) is 31.1 Å². The summed E-state index contributed by atoms with van der Waals surface area (Å²) in [4.78, 5) is 16.1. The summed E-state index contributed by atoms with van der Waals surface area (Å²) in [7, 11) is -3.43. The van der Waals surface area contributed by atoms with Gasteiger partial charge in [-0.15, -0.1) is 0 Å². The van der Waals surface area contributed by atoms with Crippen LogP contribution in [-0.4, -0.2) is 51.4 Å². The van der Waals surface area contributed by atoms with Crippen LogP contribution in [0.25, 0.3) is 11.1 Å². The average molecular weight is 412 g/mol. The Bertz CT molecular complexity index is 1010. The molecule has 0 aromatic heterocycles. The van der Waals surface area contributed by atoms with E-state index >= 15 is 0 Å². The van der Waals surface area contributed by atoms with Crippen molar-refractivity contribution in [1.29, 1.82) is 0 Å². The molecule has 6 nitrogen and oxygen atoms in total. The van der Waals surface area contributed by atoms with Gasteiger partial charge in [-0.2, -0.15) is 0 Å². The van der Waals surface area contributed by atoms with Crippen molar-refractivity contribution in [3.8, 4) is 11.1 Å². The zero-order valence-electron chi connectivity index (χ0n) is 16.3. The fourth-order valence-electron chi connectivity index (χ4n) is 3.51. The van der Waals surface area contributed by atoms with E-state index in [2.05, 4.69) is 28.3 Å². The lowest BCUT2D eigenvalue weighted by Gasteiger charge is -2.35. The molecule has 2 fully saturated rings. The number of nitrogens with zero attached hydrogens (tertiary/aromatic N) is 2. The second kappa shape index (κ2) is 8.00. The highest BCUT2D eigenvalue weighted by molar-refractivity contribution is 7.89. The maximum Gasteiger partial charge on any atom is 0.246 e. The first-order valence-corrected chi connectivity index (χ1v) is 11.3. The Morgan fingerprint density at radius 2 is 1.69 bits per heavy atom. The molecule has 0 radical (unpaired) electrons. The van der Waals surface area contributed by atoms with E-state index in [0.29, 0.717) is 18.0 Å². The number of hydrogen-bond donors (Lipinski definition) is 1. The Labute approximate surface area is 171 Å². The number of hydrogen-bond acceptors (Lipinski definition) is 4. The number of sulfonamides is 1. The van der Waals surface area contributed by atoms with Crippen LogP contribution >= 0.6 is 0 Å². The van der Waals surface area contributed by atoms with Gasteiger partial charge in [0.25, 0.3) is 0 Å². The van der Waals surface area contributed by atoms with E-state index in [1.54, 1.807) is 12.1 Å². The molecule has 1 aliphatic heterocycles. The molecular weight excluding hydrogens is 386 g/mol. The minimum atomic E-state index is -3.43. The molecule has 0 unspecified atom stereocenters. The summed E-state index contributed by atoms with van der Waals surface area (Å²) >= 11 is 0. The highest BCUT2D eigenvalue weighted by atomic mass is 32.2. The second-order valence-electron chi connectivity index (χ2n) is 7.49. The number of rotatable bonds is 6. The van der Waals surface area contributed by atoms with Gasteiger partial charge in [0, 0.05) is 37.9 Å². The number of piperazine rings is 1. The number of amides is 1. The SMILES string of the molecule is C=CC(=O)N1CCN(c2cccc(-c3ccc(S(=O)(=O)NC4CC4)cc3)c2)CC1. The highest BCUT2D eigenvalue weighted by Crippen LogP contribution is 2.27. The van der Waals surface area contributed by atoms with E-state index in [9.17, 15) is 13.2 Å². The molecule has 7 heteroatoms. The Hall–Kier alpha value is -2.64. The van der Waals surface area contributed by atoms with Crippen LogP contribution in [0.15, 0.2) is 66.1 Å². The summed E-state index contributed by atoms with van der Waals surface area (Å²) in [5.41, 5.74) is 3.10. The van der Waals surface area contributed by atoms with Gasteiger partial charge in [0.2, 0.25) is 15.9 Å². The molecule has 1 amide bonds. The lowest BCUT2D eigenvalue weighted by atomic mass is 10.0. The van der Waals surface area contributed by atoms with Gasteiger partial charge in [-0.3, -0.25) is 4.79 Å². The molecule has 0 spiro atoms. The number of anilines is 1. The second-order valence-corrected chi connectivity index (χ2v) is 9.20. The molecule has 152 valence electrons. The molecule has 2 aliphatic rings. The van der Waals surface area contributed by atoms with Crippen molar-refractivity contribution < 1.29 is 13.2 Å². The first-order valence-electron chi connectivity index (χ1n) is 9.85. The van der Waals surface area contributed by atoms with Crippen LogP contribution in [0.5, 0.6) is 0 Å². The van der Waals surface area contributed by atoms with E-state index in [-0.39, 0.29) is 11.9 Å². The van der Waals surface area contributed by atoms with Crippen molar-refractivity contribution in [3.05, 3.63) is 61.2 Å². The average Bonchev–Trinajstić information content (AvgIpc) is 3.57. The third kappa shape index (κ3) is 4.52. The van der Waals surface area contributed by atoms with Gasteiger partial charge in [-0.25, -0.2) is 13.1 Å². The molecule has 2 aromatic carbocycles. The summed E-state index contributed by atoms with van der Waals surface area (Å²) in [6.45, 7) is 6.44. The summed E-state index contributed by atoms with van der Waals surface area (Å²) in [6, 6.07) is 15.3. The molecule has 1 saturated heterocycles. The molecule has 0 atom stereocenters. The Morgan fingerprint density at radius 3 is 2.31 bits per heavy atom. The minimum absolute atomic E-state index is 0.0235. The van der Waals surface area contributed by atoms with Gasteiger partial charge in [-0.1, -0.05) is 30.8 Å². The van der Waals surface area contributed by atoms with Gasteiger partial charge in [0.15, 0.2) is 0 Å². The minimum Gasteiger partial charge on any atom is -0.368 e. The van der Waals surface area contributed by atoms with E-state index in [1.807, 2.05) is 29.2 Å². The van der Waals surface area contributed by atoms with Crippen LogP contribution in [0, 0.1) is 0 Å². The number of carbonyl (C=O) groups is 1. The summed E-state index contributed by atoms with van der Waals surface area (Å²) in [5, 5.41) is 0. The van der Waals surface area contributed by atoms with Crippen LogP contribution in [0.1, 0.15) is 12.8 Å². The predicted molar refractivity (Wildman–Crippen MR) is 114 cm³/mol. The van der Waals surface area contributed by atoms with Crippen LogP contribution in [0.2, 0.25) is 0 Å². The maximum atomic E-state index is 12.3. The Morgan fingerprint density at radius 1 is 1.00 bits per heavy atom. The third-order valence-corrected chi connectivity index (χ3v) is 6.91. The van der Waals surface area contributed by atoms with E-state index < -0.39 is 10.0 Å². The summed E-state index contributed by atoms with van der Waals surface area (Å²) < 4.78 is 27.4. The van der Waals surface area contributed by atoms with Crippen LogP contribution in [0.4, 0.5) is 5.69 Å². The lowest BCUT2D eigenvalue weighted by Crippen LogP contribution is -2.48. The van der Waals surface area contributed by atoms with Crippen LogP contribution in [0.3, 0.4) is 0 Å². The number of nitrogens with one attached hydrogen (secondary N) is 1. The first-order chi connectivity index (χ1) is 14.0. The Balaban J connectivity index is 1.47. The van der Waals surface area contributed by atoms with Crippen LogP contribution in [-0.2, 0) is 14.8 Å². The standard InChI is InChI=1S/C22H25N3O3S/c1-2-22(26)25-14-12-24(13-15-25)20-5-3-4-18(16-20)17-6-10-21(11-7-17)29(27,28)23-19-8-9-19/h2-7,10-11,16,19,23H,1,8-9,12-15H2. The number of benzene rings is 2. The zero-order chi connectivity index (χ0) is 20.4. The maximum absolute atomic E-state index is 12.3. The Kier molecular flexibility index (Phi) is 5.43. The molecule has 1 saturated carbocycles. The molecular formula is C22H25N3O3S. The van der Waals surface area contributed by atoms with Crippen molar-refractivity contribution in [3.63, 3.8) is 0 Å². The molecule has 1 N–H and O–H groups in total. The monoisotopic (exact) mass is 411 g/mol. The van der Waals surface area contributed by atoms with Gasteiger partial charge < -0.3 is 9.80 Å². The van der Waals surface area contributed by atoms with Gasteiger partial charge >= 0.3 is 0 Å². The first kappa shape index (κ1) is 19.7. The van der Waals surface area contributed by atoms with Crippen molar-refractivity contribution in [2.45, 2.75) is 23.8 Å². The topological polar surface area (TPSA) is 69.7 Å². The number of carbonyl (C=O) groups excluding carboxylic acids is 1. The lowest BCUT2D eigenvalue weighted by molar-refractivity contribution is -0.126. The van der Waals surface area contributed by atoms with Crippen molar-refractivity contribution in [1.82, 2.24) is 9.62 Å². The molecule has 1 aliphatic carbocycles. The fourth-order valence-corrected chi connectivity index (χ4v) is 4.82. The quantitative estimate of drug-likeness (QED) is 0.742. The van der Waals surface area contributed by atoms with Gasteiger partial charge in [-0.05, 0) is 54.3 Å². The molecule has 4 rings (SSSR count). The highest BCUT2D eigenvalue weighted by Gasteiger charge is 2.27. The van der Waals surface area contributed by atoms with E-state index in [1.165, 1.54) is 6.08 Å². The molecule has 29 heavy (non-hydrogen) atoms. The van der Waals surface area contributed by atoms with E-state index in [0.717, 1.165) is 42.7 Å². The van der Waals surface area contributed by atoms with Crippen LogP contribution < -0.4 is 9.62 Å². The van der Waals surface area contributed by atoms with Gasteiger partial charge in [0.1, 0.15) is 0 Å². The largest absolute Gasteiger partial charge is 0.368 e. The third-order valence-electron chi connectivity index (χ3n) is 5.37. The molecule has 1 heterocycles. The predicted octanol–water partition coefficient (Wildman–Crippen LogP) is 2.63. The fraction of sp³-hybridized carbons (Fsp3) is 0.318. The van der Waals surface area contributed by atoms with Crippen molar-refractivity contribution in [2.24, 2.45) is 0 Å². The van der Waals surface area contributed by atoms with E-state index in [4.69, 9.17) is 0 Å². The summed E-state index contributed by atoms with van der Waals surface area (Å²) in [5.74, 6) is -0.0235. The normalized spacial score (nSPS) is 17.2. The zero-order valence-corrected chi connectivity index (χ0v) is 17.1. The molecule has 2 aromatic rings. The van der Waals surface area contributed by atoms with Gasteiger partial charge in [0.05, 0.1) is 4.90 Å². The smallest absolute Gasteiger partial charge is 0.246 e.